The fourth-order valence-corrected chi connectivity index (χ4v) is 3.69. The third-order valence-corrected chi connectivity index (χ3v) is 5.40. The number of nitrogens with zero attached hydrogens (tertiary/aromatic N) is 4. The minimum Gasteiger partial charge on any atom is -0.300 e. The summed E-state index contributed by atoms with van der Waals surface area (Å²) in [5.74, 6) is 0.343. The minimum atomic E-state index is -0.143. The highest BCUT2D eigenvalue weighted by atomic mass is 32.1. The summed E-state index contributed by atoms with van der Waals surface area (Å²) in [6.07, 6.45) is 3.79. The zero-order chi connectivity index (χ0) is 20.2. The van der Waals surface area contributed by atoms with Crippen LogP contribution in [0.2, 0.25) is 0 Å². The molecule has 29 heavy (non-hydrogen) atoms. The standard InChI is InChI=1S/C22H21N5OS/c1-15(2)17-8-10-18(11-9-17)21-25-26-22(29-21)24-20(28)12-16-13-23-27(14-16)19-6-4-3-5-7-19/h3-11,13-15H,12H2,1-2H3,(H,24,26,28). The zero-order valence-electron chi connectivity index (χ0n) is 16.2. The molecule has 0 fully saturated rings. The number of para-hydroxylation sites is 1. The number of carbonyl (C=O) groups excluding carboxylic acids is 1. The van der Waals surface area contributed by atoms with Gasteiger partial charge in [0.25, 0.3) is 0 Å². The Kier molecular flexibility index (Phi) is 5.48. The number of nitrogens with one attached hydrogen (secondary N) is 1. The van der Waals surface area contributed by atoms with Gasteiger partial charge in [0, 0.05) is 11.8 Å². The molecule has 2 aromatic heterocycles. The molecule has 7 heteroatoms. The fraction of sp³-hybridized carbons (Fsp3) is 0.182. The van der Waals surface area contributed by atoms with Crippen molar-refractivity contribution in [1.82, 2.24) is 20.0 Å². The molecule has 0 aliphatic heterocycles. The van der Waals surface area contributed by atoms with Crippen LogP contribution in [0, 0.1) is 0 Å². The van der Waals surface area contributed by atoms with Gasteiger partial charge in [0.1, 0.15) is 5.01 Å². The highest BCUT2D eigenvalue weighted by Crippen LogP contribution is 2.27. The lowest BCUT2D eigenvalue weighted by atomic mass is 10.0. The molecule has 1 amide bonds. The van der Waals surface area contributed by atoms with Gasteiger partial charge < -0.3 is 5.32 Å². The van der Waals surface area contributed by atoms with E-state index in [0.29, 0.717) is 11.0 Å². The SMILES string of the molecule is CC(C)c1ccc(-c2nnc(NC(=O)Cc3cnn(-c4ccccc4)c3)s2)cc1. The Morgan fingerprint density at radius 3 is 2.55 bits per heavy atom. The first kappa shape index (κ1) is 19.0. The van der Waals surface area contributed by atoms with Crippen molar-refractivity contribution >= 4 is 22.4 Å². The Balaban J connectivity index is 1.39. The van der Waals surface area contributed by atoms with E-state index in [4.69, 9.17) is 0 Å². The number of rotatable bonds is 6. The van der Waals surface area contributed by atoms with Gasteiger partial charge in [0.2, 0.25) is 11.0 Å². The summed E-state index contributed by atoms with van der Waals surface area (Å²) in [7, 11) is 0. The molecule has 6 nitrogen and oxygen atoms in total. The van der Waals surface area contributed by atoms with Crippen LogP contribution in [-0.4, -0.2) is 25.9 Å². The maximum absolute atomic E-state index is 12.4. The molecule has 0 spiro atoms. The van der Waals surface area contributed by atoms with Gasteiger partial charge >= 0.3 is 0 Å². The van der Waals surface area contributed by atoms with Crippen LogP contribution in [0.1, 0.15) is 30.9 Å². The normalized spacial score (nSPS) is 11.0. The minimum absolute atomic E-state index is 0.143. The molecule has 2 aromatic carbocycles. The molecule has 146 valence electrons. The van der Waals surface area contributed by atoms with Crippen LogP contribution in [0.3, 0.4) is 0 Å². The summed E-state index contributed by atoms with van der Waals surface area (Å²) in [6.45, 7) is 4.33. The average molecular weight is 404 g/mol. The second-order valence-electron chi connectivity index (χ2n) is 7.04. The first-order valence-corrected chi connectivity index (χ1v) is 10.2. The van der Waals surface area contributed by atoms with E-state index in [1.807, 2.05) is 48.7 Å². The number of hydrogen-bond acceptors (Lipinski definition) is 5. The molecule has 2 heterocycles. The summed E-state index contributed by atoms with van der Waals surface area (Å²) in [5.41, 5.74) is 4.07. The van der Waals surface area contributed by atoms with E-state index < -0.39 is 0 Å². The fourth-order valence-electron chi connectivity index (χ4n) is 2.92. The second-order valence-corrected chi connectivity index (χ2v) is 8.02. The maximum Gasteiger partial charge on any atom is 0.230 e. The van der Waals surface area contributed by atoms with Gasteiger partial charge in [0.15, 0.2) is 0 Å². The Morgan fingerprint density at radius 2 is 1.83 bits per heavy atom. The maximum atomic E-state index is 12.4. The number of amides is 1. The van der Waals surface area contributed by atoms with Gasteiger partial charge in [-0.25, -0.2) is 4.68 Å². The van der Waals surface area contributed by atoms with Gasteiger partial charge in [-0.1, -0.05) is 67.6 Å². The molecule has 0 unspecified atom stereocenters. The van der Waals surface area contributed by atoms with E-state index >= 15 is 0 Å². The van der Waals surface area contributed by atoms with Gasteiger partial charge in [-0.3, -0.25) is 4.79 Å². The monoisotopic (exact) mass is 403 g/mol. The summed E-state index contributed by atoms with van der Waals surface area (Å²) >= 11 is 1.37. The lowest BCUT2D eigenvalue weighted by Crippen LogP contribution is -2.13. The van der Waals surface area contributed by atoms with Crippen molar-refractivity contribution in [2.45, 2.75) is 26.2 Å². The van der Waals surface area contributed by atoms with Crippen LogP contribution in [0.5, 0.6) is 0 Å². The largest absolute Gasteiger partial charge is 0.300 e. The molecule has 0 radical (unpaired) electrons. The number of anilines is 1. The Bertz CT molecular complexity index is 1100. The second kappa shape index (κ2) is 8.36. The predicted octanol–water partition coefficient (Wildman–Crippen LogP) is 4.70. The lowest BCUT2D eigenvalue weighted by Gasteiger charge is -2.04. The van der Waals surface area contributed by atoms with E-state index in [2.05, 4.69) is 46.6 Å². The van der Waals surface area contributed by atoms with Crippen LogP contribution < -0.4 is 5.32 Å². The van der Waals surface area contributed by atoms with Crippen LogP contribution in [0.15, 0.2) is 67.0 Å². The number of carbonyl (C=O) groups is 1. The molecular formula is C22H21N5OS. The van der Waals surface area contributed by atoms with E-state index in [1.165, 1.54) is 16.9 Å². The third-order valence-electron chi connectivity index (χ3n) is 4.52. The van der Waals surface area contributed by atoms with Crippen molar-refractivity contribution in [2.75, 3.05) is 5.32 Å². The zero-order valence-corrected chi connectivity index (χ0v) is 17.1. The van der Waals surface area contributed by atoms with Crippen molar-refractivity contribution in [3.63, 3.8) is 0 Å². The van der Waals surface area contributed by atoms with E-state index in [-0.39, 0.29) is 12.3 Å². The number of hydrogen-bond donors (Lipinski definition) is 1. The van der Waals surface area contributed by atoms with Crippen molar-refractivity contribution in [1.29, 1.82) is 0 Å². The molecule has 4 rings (SSSR count). The molecule has 0 aliphatic carbocycles. The van der Waals surface area contributed by atoms with E-state index in [1.54, 1.807) is 10.9 Å². The first-order valence-electron chi connectivity index (χ1n) is 9.41. The van der Waals surface area contributed by atoms with Crippen LogP contribution in [0.4, 0.5) is 5.13 Å². The Labute approximate surface area is 173 Å². The molecule has 0 saturated heterocycles. The summed E-state index contributed by atoms with van der Waals surface area (Å²) in [6, 6.07) is 18.1. The quantitative estimate of drug-likeness (QED) is 0.507. The third kappa shape index (κ3) is 4.57. The summed E-state index contributed by atoms with van der Waals surface area (Å²) in [4.78, 5) is 12.4. The van der Waals surface area contributed by atoms with Gasteiger partial charge in [0.05, 0.1) is 18.3 Å². The van der Waals surface area contributed by atoms with Crippen molar-refractivity contribution in [3.05, 3.63) is 78.1 Å². The highest BCUT2D eigenvalue weighted by molar-refractivity contribution is 7.18. The van der Waals surface area contributed by atoms with Crippen molar-refractivity contribution in [2.24, 2.45) is 0 Å². The highest BCUT2D eigenvalue weighted by Gasteiger charge is 2.12. The van der Waals surface area contributed by atoms with Gasteiger partial charge in [-0.15, -0.1) is 10.2 Å². The van der Waals surface area contributed by atoms with Gasteiger partial charge in [-0.2, -0.15) is 5.10 Å². The van der Waals surface area contributed by atoms with E-state index in [9.17, 15) is 4.79 Å². The molecule has 0 atom stereocenters. The average Bonchev–Trinajstić information content (AvgIpc) is 3.38. The van der Waals surface area contributed by atoms with E-state index in [0.717, 1.165) is 21.8 Å². The molecule has 0 saturated carbocycles. The first-order chi connectivity index (χ1) is 14.1. The molecule has 1 N–H and O–H groups in total. The smallest absolute Gasteiger partial charge is 0.230 e. The summed E-state index contributed by atoms with van der Waals surface area (Å²) < 4.78 is 1.76. The lowest BCUT2D eigenvalue weighted by molar-refractivity contribution is -0.115. The molecular weight excluding hydrogens is 382 g/mol. The van der Waals surface area contributed by atoms with Crippen LogP contribution >= 0.6 is 11.3 Å². The topological polar surface area (TPSA) is 72.7 Å². The van der Waals surface area contributed by atoms with Crippen molar-refractivity contribution in [3.8, 4) is 16.3 Å². The summed E-state index contributed by atoms with van der Waals surface area (Å²) in [5, 5.41) is 16.7. The molecule has 4 aromatic rings. The molecule has 0 aliphatic rings. The van der Waals surface area contributed by atoms with Crippen LogP contribution in [0.25, 0.3) is 16.3 Å². The Hall–Kier alpha value is -3.32. The van der Waals surface area contributed by atoms with Gasteiger partial charge in [-0.05, 0) is 29.2 Å². The number of benzene rings is 2. The molecule has 0 bridgehead atoms. The van der Waals surface area contributed by atoms with Crippen LogP contribution in [-0.2, 0) is 11.2 Å². The predicted molar refractivity (Wildman–Crippen MR) is 115 cm³/mol. The van der Waals surface area contributed by atoms with Crippen molar-refractivity contribution < 1.29 is 4.79 Å². The Morgan fingerprint density at radius 1 is 1.07 bits per heavy atom. The number of aromatic nitrogens is 4.